The third-order valence-corrected chi connectivity index (χ3v) is 5.86. The van der Waals surface area contributed by atoms with E-state index in [-0.39, 0.29) is 6.04 Å². The Morgan fingerprint density at radius 2 is 2.00 bits per heavy atom. The molecule has 2 aromatic rings. The molecule has 0 spiro atoms. The number of likely N-dealkylation sites (tertiary alicyclic amines) is 1. The van der Waals surface area contributed by atoms with E-state index in [1.165, 1.54) is 4.90 Å². The predicted molar refractivity (Wildman–Crippen MR) is 103 cm³/mol. The van der Waals surface area contributed by atoms with Crippen molar-refractivity contribution in [2.45, 2.75) is 28.7 Å². The fourth-order valence-corrected chi connectivity index (χ4v) is 4.28. The molecule has 1 aliphatic heterocycles. The number of nitrogens with zero attached hydrogens (tertiary/aromatic N) is 1. The van der Waals surface area contributed by atoms with Crippen LogP contribution in [0.2, 0.25) is 10.0 Å². The summed E-state index contributed by atoms with van der Waals surface area (Å²) >= 11 is 13.8. The number of halogens is 2. The third-order valence-electron chi connectivity index (χ3n) is 4.05. The molecule has 0 aromatic heterocycles. The number of amides is 1. The number of carboxylic acid groups (broad SMARTS) is 1. The number of benzene rings is 2. The molecule has 1 amide bonds. The first-order chi connectivity index (χ1) is 12.0. The zero-order chi connectivity index (χ0) is 17.8. The Morgan fingerprint density at radius 1 is 1.20 bits per heavy atom. The first kappa shape index (κ1) is 18.2. The number of hydrogen-bond acceptors (Lipinski definition) is 3. The predicted octanol–water partition coefficient (Wildman–Crippen LogP) is 5.70. The van der Waals surface area contributed by atoms with Crippen LogP contribution in [0.5, 0.6) is 0 Å². The van der Waals surface area contributed by atoms with Crippen LogP contribution in [0.4, 0.5) is 10.5 Å². The smallest absolute Gasteiger partial charge is 0.407 e. The van der Waals surface area contributed by atoms with Crippen molar-refractivity contribution in [3.8, 4) is 0 Å². The minimum absolute atomic E-state index is 0.104. The highest BCUT2D eigenvalue weighted by molar-refractivity contribution is 7.99. The number of para-hydroxylation sites is 1. The maximum Gasteiger partial charge on any atom is 0.407 e. The first-order valence-corrected chi connectivity index (χ1v) is 9.56. The molecule has 2 aromatic carbocycles. The summed E-state index contributed by atoms with van der Waals surface area (Å²) in [4.78, 5) is 14.6. The lowest BCUT2D eigenvalue weighted by Gasteiger charge is -2.32. The van der Waals surface area contributed by atoms with E-state index >= 15 is 0 Å². The number of piperidine rings is 1. The van der Waals surface area contributed by atoms with Gasteiger partial charge in [0.1, 0.15) is 0 Å². The number of hydrogen-bond donors (Lipinski definition) is 2. The van der Waals surface area contributed by atoms with E-state index < -0.39 is 6.09 Å². The van der Waals surface area contributed by atoms with E-state index in [1.54, 1.807) is 17.8 Å². The van der Waals surface area contributed by atoms with Crippen molar-refractivity contribution in [3.63, 3.8) is 0 Å². The van der Waals surface area contributed by atoms with Gasteiger partial charge in [0.25, 0.3) is 0 Å². The molecule has 0 bridgehead atoms. The van der Waals surface area contributed by atoms with E-state index in [4.69, 9.17) is 23.2 Å². The molecule has 132 valence electrons. The van der Waals surface area contributed by atoms with Crippen LogP contribution in [0.15, 0.2) is 52.3 Å². The highest BCUT2D eigenvalue weighted by Crippen LogP contribution is 2.38. The van der Waals surface area contributed by atoms with Gasteiger partial charge in [0.2, 0.25) is 0 Å². The Balaban J connectivity index is 1.75. The fourth-order valence-electron chi connectivity index (χ4n) is 2.84. The Bertz CT molecular complexity index is 772. The summed E-state index contributed by atoms with van der Waals surface area (Å²) in [5.74, 6) is 0. The quantitative estimate of drug-likeness (QED) is 0.695. The number of anilines is 1. The molecule has 1 heterocycles. The summed E-state index contributed by atoms with van der Waals surface area (Å²) in [7, 11) is 0. The summed E-state index contributed by atoms with van der Waals surface area (Å²) in [6, 6.07) is 13.5. The Kier molecular flexibility index (Phi) is 5.99. The molecular weight excluding hydrogens is 379 g/mol. The van der Waals surface area contributed by atoms with Crippen molar-refractivity contribution < 1.29 is 9.90 Å². The second-order valence-corrected chi connectivity index (χ2v) is 7.81. The largest absolute Gasteiger partial charge is 0.465 e. The highest BCUT2D eigenvalue weighted by Gasteiger charge is 2.23. The Hall–Kier alpha value is -1.56. The molecule has 1 aliphatic rings. The lowest BCUT2D eigenvalue weighted by molar-refractivity contribution is 0.133. The molecule has 25 heavy (non-hydrogen) atoms. The molecule has 1 unspecified atom stereocenters. The van der Waals surface area contributed by atoms with Crippen LogP contribution in [-0.4, -0.2) is 35.2 Å². The van der Waals surface area contributed by atoms with Gasteiger partial charge in [-0.25, -0.2) is 4.79 Å². The topological polar surface area (TPSA) is 52.6 Å². The van der Waals surface area contributed by atoms with Crippen molar-refractivity contribution in [2.24, 2.45) is 0 Å². The van der Waals surface area contributed by atoms with Crippen LogP contribution in [0.3, 0.4) is 0 Å². The van der Waals surface area contributed by atoms with Crippen LogP contribution >= 0.6 is 35.0 Å². The van der Waals surface area contributed by atoms with Crippen LogP contribution < -0.4 is 5.32 Å². The van der Waals surface area contributed by atoms with Crippen LogP contribution in [0, 0.1) is 0 Å². The van der Waals surface area contributed by atoms with Gasteiger partial charge in [-0.2, -0.15) is 0 Å². The summed E-state index contributed by atoms with van der Waals surface area (Å²) in [5.41, 5.74) is 0.982. The molecule has 7 heteroatoms. The normalized spacial score (nSPS) is 17.4. The first-order valence-electron chi connectivity index (χ1n) is 7.99. The maximum atomic E-state index is 11.2. The Morgan fingerprint density at radius 3 is 2.76 bits per heavy atom. The molecular formula is C18H18Cl2N2O2S. The van der Waals surface area contributed by atoms with E-state index in [0.29, 0.717) is 23.1 Å². The second-order valence-electron chi connectivity index (χ2n) is 5.89. The Labute approximate surface area is 161 Å². The summed E-state index contributed by atoms with van der Waals surface area (Å²) in [6.07, 6.45) is 0.953. The van der Waals surface area contributed by atoms with Crippen molar-refractivity contribution in [3.05, 3.63) is 52.5 Å². The summed E-state index contributed by atoms with van der Waals surface area (Å²) in [6.45, 7) is 1.10. The standard InChI is InChI=1S/C18H18Cl2N2O2S/c19-12-7-8-16(14(20)10-12)25-17-6-2-1-5-15(17)21-13-4-3-9-22(11-13)18(23)24/h1-2,5-8,10,13,21H,3-4,9,11H2,(H,23,24). The number of carbonyl (C=O) groups is 1. The zero-order valence-electron chi connectivity index (χ0n) is 13.4. The zero-order valence-corrected chi connectivity index (χ0v) is 15.7. The molecule has 0 saturated carbocycles. The second kappa shape index (κ2) is 8.21. The molecule has 0 aliphatic carbocycles. The molecule has 2 N–H and O–H groups in total. The van der Waals surface area contributed by atoms with Crippen molar-refractivity contribution in [2.75, 3.05) is 18.4 Å². The van der Waals surface area contributed by atoms with E-state index in [0.717, 1.165) is 28.3 Å². The van der Waals surface area contributed by atoms with E-state index in [2.05, 4.69) is 5.32 Å². The van der Waals surface area contributed by atoms with Crippen LogP contribution in [0.25, 0.3) is 0 Å². The van der Waals surface area contributed by atoms with Gasteiger partial charge < -0.3 is 15.3 Å². The monoisotopic (exact) mass is 396 g/mol. The lowest BCUT2D eigenvalue weighted by atomic mass is 10.1. The van der Waals surface area contributed by atoms with Crippen LogP contribution in [0.1, 0.15) is 12.8 Å². The van der Waals surface area contributed by atoms with E-state index in [1.807, 2.05) is 36.4 Å². The average Bonchev–Trinajstić information content (AvgIpc) is 2.59. The minimum atomic E-state index is -0.859. The van der Waals surface area contributed by atoms with Gasteiger partial charge in [-0.15, -0.1) is 0 Å². The third kappa shape index (κ3) is 4.75. The van der Waals surface area contributed by atoms with Crippen LogP contribution in [-0.2, 0) is 0 Å². The highest BCUT2D eigenvalue weighted by atomic mass is 35.5. The molecule has 1 atom stereocenters. The van der Waals surface area contributed by atoms with Gasteiger partial charge in [0, 0.05) is 39.6 Å². The molecule has 1 saturated heterocycles. The van der Waals surface area contributed by atoms with Gasteiger partial charge in [0.05, 0.1) is 5.02 Å². The van der Waals surface area contributed by atoms with Gasteiger partial charge in [-0.3, -0.25) is 0 Å². The van der Waals surface area contributed by atoms with Crippen molar-refractivity contribution >= 4 is 46.7 Å². The van der Waals surface area contributed by atoms with Crippen molar-refractivity contribution in [1.82, 2.24) is 4.90 Å². The van der Waals surface area contributed by atoms with Crippen molar-refractivity contribution in [1.29, 1.82) is 0 Å². The fraction of sp³-hybridized carbons (Fsp3) is 0.278. The average molecular weight is 397 g/mol. The summed E-state index contributed by atoms with van der Waals surface area (Å²) in [5, 5.41) is 13.9. The number of rotatable bonds is 4. The SMILES string of the molecule is O=C(O)N1CCCC(Nc2ccccc2Sc2ccc(Cl)cc2Cl)C1. The number of nitrogens with one attached hydrogen (secondary N) is 1. The van der Waals surface area contributed by atoms with E-state index in [9.17, 15) is 9.90 Å². The van der Waals surface area contributed by atoms with Gasteiger partial charge in [-0.1, -0.05) is 47.1 Å². The minimum Gasteiger partial charge on any atom is -0.465 e. The van der Waals surface area contributed by atoms with Gasteiger partial charge >= 0.3 is 6.09 Å². The molecule has 3 rings (SSSR count). The lowest BCUT2D eigenvalue weighted by Crippen LogP contribution is -2.44. The van der Waals surface area contributed by atoms with Gasteiger partial charge in [0.15, 0.2) is 0 Å². The molecule has 0 radical (unpaired) electrons. The molecule has 1 fully saturated rings. The summed E-state index contributed by atoms with van der Waals surface area (Å²) < 4.78 is 0. The maximum absolute atomic E-state index is 11.2. The molecule has 4 nitrogen and oxygen atoms in total. The van der Waals surface area contributed by atoms with Gasteiger partial charge in [-0.05, 0) is 43.2 Å².